The molecule has 1 heterocycles. The summed E-state index contributed by atoms with van der Waals surface area (Å²) in [6, 6.07) is 5.36. The zero-order valence-electron chi connectivity index (χ0n) is 11.4. The third-order valence-electron chi connectivity index (χ3n) is 3.08. The maximum Gasteiger partial charge on any atom is 0.238 e. The minimum Gasteiger partial charge on any atom is -0.486 e. The molecule has 0 aromatic heterocycles. The summed E-state index contributed by atoms with van der Waals surface area (Å²) in [7, 11) is -3.38. The fourth-order valence-corrected chi connectivity index (χ4v) is 2.20. The van der Waals surface area contributed by atoms with Crippen LogP contribution in [-0.4, -0.2) is 39.0 Å². The van der Waals surface area contributed by atoms with Gasteiger partial charge < -0.3 is 14.8 Å². The Morgan fingerprint density at radius 1 is 1.30 bits per heavy atom. The zero-order valence-corrected chi connectivity index (χ0v) is 12.2. The highest BCUT2D eigenvalue weighted by molar-refractivity contribution is 7.92. The van der Waals surface area contributed by atoms with E-state index in [1.165, 1.54) is 6.92 Å². The van der Waals surface area contributed by atoms with Crippen LogP contribution in [0.4, 0.5) is 0 Å². The maximum absolute atomic E-state index is 11.7. The van der Waals surface area contributed by atoms with Gasteiger partial charge in [0.2, 0.25) is 5.91 Å². The molecule has 1 N–H and O–H groups in total. The van der Waals surface area contributed by atoms with Gasteiger partial charge in [0, 0.05) is 12.8 Å². The maximum atomic E-state index is 11.7. The lowest BCUT2D eigenvalue weighted by molar-refractivity contribution is -0.120. The second-order valence-corrected chi connectivity index (χ2v) is 7.03. The summed E-state index contributed by atoms with van der Waals surface area (Å²) in [5.41, 5.74) is 0.823. The number of ether oxygens (including phenoxy) is 2. The number of rotatable bonds is 4. The molecule has 0 fully saturated rings. The average molecular weight is 299 g/mol. The summed E-state index contributed by atoms with van der Waals surface area (Å²) < 4.78 is 33.4. The van der Waals surface area contributed by atoms with Gasteiger partial charge in [0.15, 0.2) is 21.3 Å². The summed E-state index contributed by atoms with van der Waals surface area (Å²) in [6.45, 7) is 2.63. The van der Waals surface area contributed by atoms with Crippen LogP contribution in [0.15, 0.2) is 18.2 Å². The van der Waals surface area contributed by atoms with Crippen molar-refractivity contribution >= 4 is 15.7 Å². The van der Waals surface area contributed by atoms with E-state index in [4.69, 9.17) is 9.47 Å². The van der Waals surface area contributed by atoms with Crippen LogP contribution in [0.5, 0.6) is 11.5 Å². The average Bonchev–Trinajstić information content (AvgIpc) is 2.42. The number of nitrogens with one attached hydrogen (secondary N) is 1. The van der Waals surface area contributed by atoms with Gasteiger partial charge in [-0.1, -0.05) is 6.07 Å². The van der Waals surface area contributed by atoms with E-state index in [0.717, 1.165) is 11.8 Å². The number of benzene rings is 1. The molecule has 6 nitrogen and oxygen atoms in total. The molecule has 1 atom stereocenters. The highest BCUT2D eigenvalue weighted by Gasteiger charge is 2.23. The van der Waals surface area contributed by atoms with Crippen LogP contribution in [-0.2, 0) is 21.2 Å². The van der Waals surface area contributed by atoms with Crippen molar-refractivity contribution in [3.05, 3.63) is 23.8 Å². The molecule has 1 aromatic rings. The monoisotopic (exact) mass is 299 g/mol. The van der Waals surface area contributed by atoms with E-state index in [9.17, 15) is 13.2 Å². The molecule has 0 radical (unpaired) electrons. The lowest BCUT2D eigenvalue weighted by Crippen LogP contribution is -2.37. The first-order chi connectivity index (χ1) is 9.38. The molecule has 0 spiro atoms. The van der Waals surface area contributed by atoms with Crippen LogP contribution in [0, 0.1) is 0 Å². The first-order valence-electron chi connectivity index (χ1n) is 6.23. The third kappa shape index (κ3) is 3.41. The van der Waals surface area contributed by atoms with Crippen molar-refractivity contribution in [3.8, 4) is 11.5 Å². The fourth-order valence-electron chi connectivity index (χ4n) is 1.73. The van der Waals surface area contributed by atoms with Gasteiger partial charge in [-0.05, 0) is 24.6 Å². The van der Waals surface area contributed by atoms with Crippen LogP contribution in [0.25, 0.3) is 0 Å². The molecule has 110 valence electrons. The second-order valence-electron chi connectivity index (χ2n) is 4.67. The molecule has 1 aromatic carbocycles. The summed E-state index contributed by atoms with van der Waals surface area (Å²) in [5.74, 6) is 0.803. The number of hydrogen-bond acceptors (Lipinski definition) is 5. The molecule has 0 saturated carbocycles. The summed E-state index contributed by atoms with van der Waals surface area (Å²) >= 11 is 0. The van der Waals surface area contributed by atoms with Crippen molar-refractivity contribution in [3.63, 3.8) is 0 Å². The molecule has 1 aliphatic rings. The number of sulfone groups is 1. The zero-order chi connectivity index (χ0) is 14.8. The van der Waals surface area contributed by atoms with E-state index in [0.29, 0.717) is 24.7 Å². The lowest BCUT2D eigenvalue weighted by atomic mass is 10.2. The number of hydrogen-bond donors (Lipinski definition) is 1. The lowest BCUT2D eigenvalue weighted by Gasteiger charge is -2.19. The van der Waals surface area contributed by atoms with Crippen molar-refractivity contribution < 1.29 is 22.7 Å². The third-order valence-corrected chi connectivity index (χ3v) is 4.58. The Hall–Kier alpha value is -1.76. The van der Waals surface area contributed by atoms with Crippen molar-refractivity contribution in [2.75, 3.05) is 19.5 Å². The molecule has 0 aliphatic carbocycles. The molecule has 0 bridgehead atoms. The number of amides is 1. The minimum absolute atomic E-state index is 0.245. The molecular formula is C13H17NO5S. The van der Waals surface area contributed by atoms with Gasteiger partial charge in [-0.15, -0.1) is 0 Å². The molecular weight excluding hydrogens is 282 g/mol. The largest absolute Gasteiger partial charge is 0.486 e. The second kappa shape index (κ2) is 5.70. The predicted octanol–water partition coefficient (Wildman–Crippen LogP) is 0.507. The van der Waals surface area contributed by atoms with Gasteiger partial charge in [-0.25, -0.2) is 8.42 Å². The standard InChI is InChI=1S/C13H17NO5S/c1-9(20(2,16)17)13(15)14-8-10-3-4-11-12(7-10)19-6-5-18-11/h3-4,7,9H,5-6,8H2,1-2H3,(H,14,15). The van der Waals surface area contributed by atoms with E-state index in [2.05, 4.69) is 5.32 Å². The summed E-state index contributed by atoms with van der Waals surface area (Å²) in [4.78, 5) is 11.7. The highest BCUT2D eigenvalue weighted by Crippen LogP contribution is 2.30. The van der Waals surface area contributed by atoms with E-state index in [-0.39, 0.29) is 6.54 Å². The molecule has 1 amide bonds. The Labute approximate surface area is 118 Å². The van der Waals surface area contributed by atoms with Crippen molar-refractivity contribution in [2.24, 2.45) is 0 Å². The minimum atomic E-state index is -3.38. The topological polar surface area (TPSA) is 81.7 Å². The summed E-state index contributed by atoms with van der Waals surface area (Å²) in [6.07, 6.45) is 1.04. The number of fused-ring (bicyclic) bond motifs is 1. The Kier molecular flexibility index (Phi) is 4.17. The predicted molar refractivity (Wildman–Crippen MR) is 73.6 cm³/mol. The van der Waals surface area contributed by atoms with Crippen LogP contribution < -0.4 is 14.8 Å². The van der Waals surface area contributed by atoms with Crippen LogP contribution in [0.2, 0.25) is 0 Å². The normalized spacial score (nSPS) is 15.5. The SMILES string of the molecule is CC(C(=O)NCc1ccc2c(c1)OCCO2)S(C)(=O)=O. The van der Waals surface area contributed by atoms with Gasteiger partial charge in [0.25, 0.3) is 0 Å². The number of carbonyl (C=O) groups excluding carboxylic acids is 1. The van der Waals surface area contributed by atoms with Crippen molar-refractivity contribution in [2.45, 2.75) is 18.7 Å². The molecule has 0 saturated heterocycles. The molecule has 1 unspecified atom stereocenters. The van der Waals surface area contributed by atoms with Crippen molar-refractivity contribution in [1.29, 1.82) is 0 Å². The Morgan fingerprint density at radius 3 is 2.60 bits per heavy atom. The molecule has 1 aliphatic heterocycles. The number of carbonyl (C=O) groups is 1. The van der Waals surface area contributed by atoms with Crippen LogP contribution >= 0.6 is 0 Å². The van der Waals surface area contributed by atoms with Gasteiger partial charge in [0.1, 0.15) is 18.5 Å². The van der Waals surface area contributed by atoms with Crippen LogP contribution in [0.3, 0.4) is 0 Å². The fraction of sp³-hybridized carbons (Fsp3) is 0.462. The quantitative estimate of drug-likeness (QED) is 0.876. The van der Waals surface area contributed by atoms with Crippen molar-refractivity contribution in [1.82, 2.24) is 5.32 Å². The first kappa shape index (κ1) is 14.6. The van der Waals surface area contributed by atoms with E-state index in [1.807, 2.05) is 0 Å². The molecule has 7 heteroatoms. The molecule has 2 rings (SSSR count). The Bertz CT molecular complexity index is 611. The summed E-state index contributed by atoms with van der Waals surface area (Å²) in [5, 5.41) is 1.54. The van der Waals surface area contributed by atoms with Gasteiger partial charge in [0.05, 0.1) is 0 Å². The van der Waals surface area contributed by atoms with E-state index < -0.39 is 21.0 Å². The van der Waals surface area contributed by atoms with E-state index in [1.54, 1.807) is 18.2 Å². The van der Waals surface area contributed by atoms with Crippen LogP contribution in [0.1, 0.15) is 12.5 Å². The van der Waals surface area contributed by atoms with Gasteiger partial charge in [-0.2, -0.15) is 0 Å². The Morgan fingerprint density at radius 2 is 1.95 bits per heavy atom. The van der Waals surface area contributed by atoms with Gasteiger partial charge in [-0.3, -0.25) is 4.79 Å². The molecule has 20 heavy (non-hydrogen) atoms. The smallest absolute Gasteiger partial charge is 0.238 e. The Balaban J connectivity index is 1.99. The highest BCUT2D eigenvalue weighted by atomic mass is 32.2. The van der Waals surface area contributed by atoms with E-state index >= 15 is 0 Å². The van der Waals surface area contributed by atoms with Gasteiger partial charge >= 0.3 is 0 Å². The first-order valence-corrected chi connectivity index (χ1v) is 8.18.